The van der Waals surface area contributed by atoms with Crippen molar-refractivity contribution in [3.8, 4) is 0 Å². The molecule has 0 saturated carbocycles. The van der Waals surface area contributed by atoms with E-state index < -0.39 is 0 Å². The highest BCUT2D eigenvalue weighted by atomic mass is 16.1. The Morgan fingerprint density at radius 2 is 1.86 bits per heavy atom. The van der Waals surface area contributed by atoms with Crippen molar-refractivity contribution in [2.24, 2.45) is 0 Å². The maximum absolute atomic E-state index is 12.8. The molecule has 1 N–H and O–H groups in total. The van der Waals surface area contributed by atoms with Gasteiger partial charge in [0.1, 0.15) is 0 Å². The third-order valence-corrected chi connectivity index (χ3v) is 5.10. The zero-order chi connectivity index (χ0) is 19.7. The van der Waals surface area contributed by atoms with Gasteiger partial charge in [0.25, 0.3) is 11.5 Å². The summed E-state index contributed by atoms with van der Waals surface area (Å²) in [5.41, 5.74) is 2.24. The first-order chi connectivity index (χ1) is 13.6. The zero-order valence-corrected chi connectivity index (χ0v) is 15.8. The molecule has 0 aliphatic heterocycles. The van der Waals surface area contributed by atoms with E-state index in [2.05, 4.69) is 10.3 Å². The van der Waals surface area contributed by atoms with Gasteiger partial charge >= 0.3 is 0 Å². The summed E-state index contributed by atoms with van der Waals surface area (Å²) in [5, 5.41) is 5.41. The van der Waals surface area contributed by atoms with Crippen molar-refractivity contribution in [2.45, 2.75) is 26.4 Å². The van der Waals surface area contributed by atoms with E-state index in [0.29, 0.717) is 17.5 Å². The first kappa shape index (κ1) is 17.9. The first-order valence-corrected chi connectivity index (χ1v) is 9.36. The molecule has 4 aromatic rings. The lowest BCUT2D eigenvalue weighted by molar-refractivity contribution is 0.0940. The SMILES string of the molecule is CCn1c(=O)c2cnccc2c2ccc(C(=O)NC(C)c3ccccc3)cc21. The molecule has 2 aromatic carbocycles. The van der Waals surface area contributed by atoms with Crippen LogP contribution in [0.15, 0.2) is 71.8 Å². The Morgan fingerprint density at radius 3 is 2.61 bits per heavy atom. The Balaban J connectivity index is 1.78. The molecule has 0 aliphatic carbocycles. The number of carbonyl (C=O) groups is 1. The fourth-order valence-corrected chi connectivity index (χ4v) is 3.60. The van der Waals surface area contributed by atoms with Gasteiger partial charge in [0.05, 0.1) is 16.9 Å². The molecule has 28 heavy (non-hydrogen) atoms. The van der Waals surface area contributed by atoms with E-state index in [1.807, 2.05) is 56.3 Å². The van der Waals surface area contributed by atoms with Crippen LogP contribution in [-0.4, -0.2) is 15.5 Å². The Morgan fingerprint density at radius 1 is 1.07 bits per heavy atom. The summed E-state index contributed by atoms with van der Waals surface area (Å²) >= 11 is 0. The number of rotatable bonds is 4. The van der Waals surface area contributed by atoms with Crippen molar-refractivity contribution in [1.82, 2.24) is 14.9 Å². The summed E-state index contributed by atoms with van der Waals surface area (Å²) in [6.07, 6.45) is 3.28. The third kappa shape index (κ3) is 3.05. The number of fused-ring (bicyclic) bond motifs is 3. The molecule has 0 spiro atoms. The molecule has 4 rings (SSSR count). The lowest BCUT2D eigenvalue weighted by Crippen LogP contribution is -2.27. The highest BCUT2D eigenvalue weighted by molar-refractivity contribution is 6.07. The topological polar surface area (TPSA) is 64.0 Å². The van der Waals surface area contributed by atoms with Crippen molar-refractivity contribution in [3.05, 3.63) is 88.5 Å². The second-order valence-corrected chi connectivity index (χ2v) is 6.81. The number of aromatic nitrogens is 2. The van der Waals surface area contributed by atoms with Gasteiger partial charge < -0.3 is 9.88 Å². The number of carbonyl (C=O) groups excluding carboxylic acids is 1. The largest absolute Gasteiger partial charge is 0.346 e. The molecular weight excluding hydrogens is 350 g/mol. The molecule has 1 amide bonds. The van der Waals surface area contributed by atoms with E-state index >= 15 is 0 Å². The smallest absolute Gasteiger partial charge is 0.260 e. The number of hydrogen-bond acceptors (Lipinski definition) is 3. The van der Waals surface area contributed by atoms with Gasteiger partial charge in [0.15, 0.2) is 0 Å². The second-order valence-electron chi connectivity index (χ2n) is 6.81. The normalized spacial score (nSPS) is 12.2. The van der Waals surface area contributed by atoms with Crippen LogP contribution in [0.1, 0.15) is 35.8 Å². The van der Waals surface area contributed by atoms with Gasteiger partial charge in [-0.2, -0.15) is 0 Å². The Bertz CT molecular complexity index is 1230. The number of nitrogens with zero attached hydrogens (tertiary/aromatic N) is 2. The molecule has 1 atom stereocenters. The lowest BCUT2D eigenvalue weighted by atomic mass is 10.0. The number of aryl methyl sites for hydroxylation is 1. The van der Waals surface area contributed by atoms with Crippen LogP contribution >= 0.6 is 0 Å². The molecule has 0 aliphatic rings. The highest BCUT2D eigenvalue weighted by Gasteiger charge is 2.15. The van der Waals surface area contributed by atoms with Crippen molar-refractivity contribution < 1.29 is 4.79 Å². The summed E-state index contributed by atoms with van der Waals surface area (Å²) in [4.78, 5) is 29.7. The molecule has 0 fully saturated rings. The van der Waals surface area contributed by atoms with Crippen molar-refractivity contribution in [3.63, 3.8) is 0 Å². The molecule has 2 heterocycles. The summed E-state index contributed by atoms with van der Waals surface area (Å²) in [6.45, 7) is 4.40. The molecular formula is C23H21N3O2. The first-order valence-electron chi connectivity index (χ1n) is 9.36. The molecule has 0 radical (unpaired) electrons. The van der Waals surface area contributed by atoms with Crippen molar-refractivity contribution >= 4 is 27.6 Å². The summed E-state index contributed by atoms with van der Waals surface area (Å²) in [5.74, 6) is -0.164. The maximum Gasteiger partial charge on any atom is 0.260 e. The predicted octanol–water partition coefficient (Wildman–Crippen LogP) is 4.06. The van der Waals surface area contributed by atoms with E-state index in [-0.39, 0.29) is 17.5 Å². The number of benzene rings is 2. The molecule has 5 heteroatoms. The van der Waals surface area contributed by atoms with Gasteiger partial charge in [-0.15, -0.1) is 0 Å². The average Bonchev–Trinajstić information content (AvgIpc) is 2.74. The van der Waals surface area contributed by atoms with Gasteiger partial charge in [0, 0.05) is 29.9 Å². The summed E-state index contributed by atoms with van der Waals surface area (Å²) in [6, 6.07) is 17.1. The molecule has 0 bridgehead atoms. The second kappa shape index (κ2) is 7.27. The number of hydrogen-bond donors (Lipinski definition) is 1. The molecule has 2 aromatic heterocycles. The monoisotopic (exact) mass is 371 g/mol. The molecule has 1 unspecified atom stereocenters. The van der Waals surface area contributed by atoms with Crippen LogP contribution in [0.5, 0.6) is 0 Å². The van der Waals surface area contributed by atoms with Crippen LogP contribution in [0.3, 0.4) is 0 Å². The van der Waals surface area contributed by atoms with Crippen LogP contribution in [-0.2, 0) is 6.54 Å². The van der Waals surface area contributed by atoms with Crippen LogP contribution in [0, 0.1) is 0 Å². The van der Waals surface area contributed by atoms with Crippen LogP contribution < -0.4 is 10.9 Å². The lowest BCUT2D eigenvalue weighted by Gasteiger charge is -2.16. The van der Waals surface area contributed by atoms with Gasteiger partial charge in [-0.3, -0.25) is 14.6 Å². The van der Waals surface area contributed by atoms with Gasteiger partial charge in [0.2, 0.25) is 0 Å². The third-order valence-electron chi connectivity index (χ3n) is 5.10. The van der Waals surface area contributed by atoms with Crippen LogP contribution in [0.2, 0.25) is 0 Å². The standard InChI is InChI=1S/C23H21N3O2/c1-3-26-21-13-17(22(27)25-15(2)16-7-5-4-6-8-16)9-10-19(21)18-11-12-24-14-20(18)23(26)28/h4-15H,3H2,1-2H3,(H,25,27). The Labute approximate surface area is 162 Å². The fourth-order valence-electron chi connectivity index (χ4n) is 3.60. The summed E-state index contributed by atoms with van der Waals surface area (Å²) < 4.78 is 1.69. The Kier molecular flexibility index (Phi) is 4.65. The van der Waals surface area contributed by atoms with Gasteiger partial charge in [-0.25, -0.2) is 0 Å². The molecule has 5 nitrogen and oxygen atoms in total. The van der Waals surface area contributed by atoms with Crippen molar-refractivity contribution in [1.29, 1.82) is 0 Å². The fraction of sp³-hybridized carbons (Fsp3) is 0.174. The van der Waals surface area contributed by atoms with E-state index in [0.717, 1.165) is 21.9 Å². The minimum Gasteiger partial charge on any atom is -0.346 e. The summed E-state index contributed by atoms with van der Waals surface area (Å²) in [7, 11) is 0. The van der Waals surface area contributed by atoms with E-state index in [1.165, 1.54) is 0 Å². The van der Waals surface area contributed by atoms with Crippen molar-refractivity contribution in [2.75, 3.05) is 0 Å². The maximum atomic E-state index is 12.8. The van der Waals surface area contributed by atoms with Crippen LogP contribution in [0.25, 0.3) is 21.7 Å². The van der Waals surface area contributed by atoms with Crippen LogP contribution in [0.4, 0.5) is 0 Å². The highest BCUT2D eigenvalue weighted by Crippen LogP contribution is 2.24. The van der Waals surface area contributed by atoms with Gasteiger partial charge in [-0.05, 0) is 43.0 Å². The quantitative estimate of drug-likeness (QED) is 0.550. The molecule has 0 saturated heterocycles. The number of amides is 1. The van der Waals surface area contributed by atoms with Gasteiger partial charge in [-0.1, -0.05) is 36.4 Å². The molecule has 140 valence electrons. The Hall–Kier alpha value is -3.47. The zero-order valence-electron chi connectivity index (χ0n) is 15.8. The number of nitrogens with one attached hydrogen (secondary N) is 1. The minimum absolute atomic E-state index is 0.0895. The number of pyridine rings is 2. The van der Waals surface area contributed by atoms with E-state index in [9.17, 15) is 9.59 Å². The minimum atomic E-state index is -0.164. The average molecular weight is 371 g/mol. The van der Waals surface area contributed by atoms with E-state index in [1.54, 1.807) is 29.1 Å². The van der Waals surface area contributed by atoms with E-state index in [4.69, 9.17) is 0 Å². The predicted molar refractivity (Wildman–Crippen MR) is 112 cm³/mol.